The van der Waals surface area contributed by atoms with Crippen LogP contribution in [-0.4, -0.2) is 48.3 Å². The van der Waals surface area contributed by atoms with Crippen LogP contribution in [0, 0.1) is 0 Å². The zero-order chi connectivity index (χ0) is 14.8. The number of halogens is 1. The molecule has 1 aromatic carbocycles. The summed E-state index contributed by atoms with van der Waals surface area (Å²) in [6.07, 6.45) is 1.06. The number of likely N-dealkylation sites (N-methyl/N-ethyl adjacent to an activating group) is 1. The molecule has 2 rings (SSSR count). The van der Waals surface area contributed by atoms with E-state index in [1.54, 1.807) is 25.2 Å². The van der Waals surface area contributed by atoms with Gasteiger partial charge < -0.3 is 20.5 Å². The van der Waals surface area contributed by atoms with E-state index in [0.29, 0.717) is 42.3 Å². The number of carbonyl (C=O) groups is 1. The van der Waals surface area contributed by atoms with Crippen LogP contribution >= 0.6 is 11.6 Å². The molecule has 0 saturated carbocycles. The number of aliphatic hydroxyl groups is 1. The minimum atomic E-state index is -0.882. The largest absolute Gasteiger partial charge is 0.399 e. The molecule has 1 aliphatic rings. The molecule has 1 saturated heterocycles. The Hall–Kier alpha value is -1.30. The summed E-state index contributed by atoms with van der Waals surface area (Å²) in [4.78, 5) is 13.8. The van der Waals surface area contributed by atoms with Crippen molar-refractivity contribution < 1.29 is 14.6 Å². The minimum absolute atomic E-state index is 0.209. The van der Waals surface area contributed by atoms with Crippen LogP contribution in [0.4, 0.5) is 5.69 Å². The molecule has 3 N–H and O–H groups in total. The fourth-order valence-electron chi connectivity index (χ4n) is 2.38. The number of nitrogens with zero attached hydrogens (tertiary/aromatic N) is 1. The highest BCUT2D eigenvalue weighted by Gasteiger charge is 2.32. The molecule has 1 amide bonds. The van der Waals surface area contributed by atoms with Gasteiger partial charge in [-0.1, -0.05) is 11.6 Å². The quantitative estimate of drug-likeness (QED) is 0.830. The number of benzene rings is 1. The molecule has 0 unspecified atom stereocenters. The first kappa shape index (κ1) is 15.1. The third-order valence-electron chi connectivity index (χ3n) is 3.47. The normalized spacial score (nSPS) is 17.8. The van der Waals surface area contributed by atoms with Crippen LogP contribution in [0.3, 0.4) is 0 Å². The minimum Gasteiger partial charge on any atom is -0.399 e. The molecule has 0 aliphatic carbocycles. The molecule has 0 atom stereocenters. The Kier molecular flexibility index (Phi) is 4.52. The van der Waals surface area contributed by atoms with Gasteiger partial charge in [0.2, 0.25) is 0 Å². The molecule has 1 aliphatic heterocycles. The van der Waals surface area contributed by atoms with E-state index in [1.165, 1.54) is 4.90 Å². The maximum atomic E-state index is 12.3. The summed E-state index contributed by atoms with van der Waals surface area (Å²) in [5, 5.41) is 10.8. The summed E-state index contributed by atoms with van der Waals surface area (Å²) in [7, 11) is 1.66. The van der Waals surface area contributed by atoms with Crippen LogP contribution in [0.15, 0.2) is 18.2 Å². The van der Waals surface area contributed by atoms with Crippen LogP contribution in [0.2, 0.25) is 5.02 Å². The fourth-order valence-corrected chi connectivity index (χ4v) is 2.62. The van der Waals surface area contributed by atoms with Crippen molar-refractivity contribution in [3.8, 4) is 0 Å². The number of nitrogen functional groups attached to an aromatic ring is 1. The Labute approximate surface area is 123 Å². The van der Waals surface area contributed by atoms with E-state index in [4.69, 9.17) is 22.1 Å². The van der Waals surface area contributed by atoms with Crippen molar-refractivity contribution in [3.05, 3.63) is 28.8 Å². The molecular formula is C14H19ClN2O3. The van der Waals surface area contributed by atoms with E-state index < -0.39 is 5.60 Å². The summed E-state index contributed by atoms with van der Waals surface area (Å²) >= 11 is 5.90. The van der Waals surface area contributed by atoms with Gasteiger partial charge in [0.1, 0.15) is 0 Å². The Morgan fingerprint density at radius 1 is 1.45 bits per heavy atom. The molecule has 20 heavy (non-hydrogen) atoms. The van der Waals surface area contributed by atoms with E-state index in [2.05, 4.69) is 0 Å². The van der Waals surface area contributed by atoms with Gasteiger partial charge in [0.15, 0.2) is 0 Å². The van der Waals surface area contributed by atoms with Crippen molar-refractivity contribution >= 4 is 23.2 Å². The van der Waals surface area contributed by atoms with E-state index in [9.17, 15) is 9.90 Å². The van der Waals surface area contributed by atoms with E-state index in [-0.39, 0.29) is 12.5 Å². The SMILES string of the molecule is CN(CC1(O)CCOCC1)C(=O)c1cc(N)cc(Cl)c1. The van der Waals surface area contributed by atoms with Gasteiger partial charge in [-0.25, -0.2) is 0 Å². The van der Waals surface area contributed by atoms with Crippen molar-refractivity contribution in [2.24, 2.45) is 0 Å². The maximum absolute atomic E-state index is 12.3. The molecule has 110 valence electrons. The average molecular weight is 299 g/mol. The molecular weight excluding hydrogens is 280 g/mol. The molecule has 6 heteroatoms. The van der Waals surface area contributed by atoms with Crippen molar-refractivity contribution in [2.45, 2.75) is 18.4 Å². The second-order valence-electron chi connectivity index (χ2n) is 5.27. The topological polar surface area (TPSA) is 75.8 Å². The fraction of sp³-hybridized carbons (Fsp3) is 0.500. The zero-order valence-electron chi connectivity index (χ0n) is 11.4. The first-order chi connectivity index (χ1) is 9.39. The second kappa shape index (κ2) is 5.99. The average Bonchev–Trinajstić information content (AvgIpc) is 2.37. The lowest BCUT2D eigenvalue weighted by Crippen LogP contribution is -2.47. The number of rotatable bonds is 3. The Bertz CT molecular complexity index is 481. The van der Waals surface area contributed by atoms with Gasteiger partial charge in [-0.3, -0.25) is 4.79 Å². The Morgan fingerprint density at radius 3 is 2.70 bits per heavy atom. The predicted molar refractivity (Wildman–Crippen MR) is 77.8 cm³/mol. The van der Waals surface area contributed by atoms with Crippen LogP contribution in [0.5, 0.6) is 0 Å². The summed E-state index contributed by atoms with van der Waals surface area (Å²) in [5.41, 5.74) is 5.67. The third-order valence-corrected chi connectivity index (χ3v) is 3.69. The van der Waals surface area contributed by atoms with Gasteiger partial charge in [0.05, 0.1) is 5.60 Å². The molecule has 0 aromatic heterocycles. The van der Waals surface area contributed by atoms with E-state index in [0.717, 1.165) is 0 Å². The number of amides is 1. The number of ether oxygens (including phenoxy) is 1. The highest BCUT2D eigenvalue weighted by atomic mass is 35.5. The predicted octanol–water partition coefficient (Wildman–Crippen LogP) is 1.54. The number of hydrogen-bond acceptors (Lipinski definition) is 4. The number of hydrogen-bond donors (Lipinski definition) is 2. The van der Waals surface area contributed by atoms with Crippen LogP contribution in [0.1, 0.15) is 23.2 Å². The number of carbonyl (C=O) groups excluding carboxylic acids is 1. The molecule has 1 fully saturated rings. The summed E-state index contributed by atoms with van der Waals surface area (Å²) in [5.74, 6) is -0.209. The summed E-state index contributed by atoms with van der Waals surface area (Å²) in [6, 6.07) is 4.74. The van der Waals surface area contributed by atoms with Crippen LogP contribution < -0.4 is 5.73 Å². The van der Waals surface area contributed by atoms with Gasteiger partial charge in [-0.2, -0.15) is 0 Å². The standard InChI is InChI=1S/C14H19ClN2O3/c1-17(9-14(19)2-4-20-5-3-14)13(18)10-6-11(15)8-12(16)7-10/h6-8,19H,2-5,9,16H2,1H3. The van der Waals surface area contributed by atoms with Crippen molar-refractivity contribution in [1.29, 1.82) is 0 Å². The van der Waals surface area contributed by atoms with Crippen molar-refractivity contribution in [3.63, 3.8) is 0 Å². The molecule has 1 aromatic rings. The first-order valence-corrected chi connectivity index (χ1v) is 6.89. The van der Waals surface area contributed by atoms with Crippen LogP contribution in [-0.2, 0) is 4.74 Å². The molecule has 0 bridgehead atoms. The summed E-state index contributed by atoms with van der Waals surface area (Å²) in [6.45, 7) is 1.30. The lowest BCUT2D eigenvalue weighted by molar-refractivity contribution is -0.0734. The van der Waals surface area contributed by atoms with Gasteiger partial charge in [-0.05, 0) is 18.2 Å². The lowest BCUT2D eigenvalue weighted by Gasteiger charge is -2.35. The number of anilines is 1. The van der Waals surface area contributed by atoms with Crippen LogP contribution in [0.25, 0.3) is 0 Å². The smallest absolute Gasteiger partial charge is 0.253 e. The lowest BCUT2D eigenvalue weighted by atomic mass is 9.93. The monoisotopic (exact) mass is 298 g/mol. The maximum Gasteiger partial charge on any atom is 0.253 e. The molecule has 5 nitrogen and oxygen atoms in total. The number of nitrogens with two attached hydrogens (primary N) is 1. The van der Waals surface area contributed by atoms with Gasteiger partial charge in [-0.15, -0.1) is 0 Å². The third kappa shape index (κ3) is 3.62. The molecule has 0 radical (unpaired) electrons. The zero-order valence-corrected chi connectivity index (χ0v) is 12.2. The van der Waals surface area contributed by atoms with Gasteiger partial charge in [0.25, 0.3) is 5.91 Å². The van der Waals surface area contributed by atoms with E-state index in [1.807, 2.05) is 0 Å². The second-order valence-corrected chi connectivity index (χ2v) is 5.71. The summed E-state index contributed by atoms with van der Waals surface area (Å²) < 4.78 is 5.23. The van der Waals surface area contributed by atoms with E-state index >= 15 is 0 Å². The highest BCUT2D eigenvalue weighted by molar-refractivity contribution is 6.31. The Balaban J connectivity index is 2.08. The Morgan fingerprint density at radius 2 is 2.10 bits per heavy atom. The highest BCUT2D eigenvalue weighted by Crippen LogP contribution is 2.23. The van der Waals surface area contributed by atoms with Gasteiger partial charge in [0, 0.05) is 55.9 Å². The van der Waals surface area contributed by atoms with Crippen molar-refractivity contribution in [1.82, 2.24) is 4.90 Å². The van der Waals surface area contributed by atoms with Gasteiger partial charge >= 0.3 is 0 Å². The molecule has 1 heterocycles. The first-order valence-electron chi connectivity index (χ1n) is 6.51. The van der Waals surface area contributed by atoms with Crippen molar-refractivity contribution in [2.75, 3.05) is 32.5 Å². The molecule has 0 spiro atoms.